The van der Waals surface area contributed by atoms with Gasteiger partial charge in [0, 0.05) is 29.9 Å². The molecular formula is C16H14BrClN6O3. The van der Waals surface area contributed by atoms with Crippen LogP contribution in [0.25, 0.3) is 0 Å². The van der Waals surface area contributed by atoms with Crippen LogP contribution in [0, 0.1) is 0 Å². The first kappa shape index (κ1) is 19.1. The molecule has 9 nitrogen and oxygen atoms in total. The Bertz CT molecular complexity index is 957. The highest BCUT2D eigenvalue weighted by molar-refractivity contribution is 9.10. The standard InChI is InChI=1S/C16H14BrClN6O3/c17-11-7-21-24(8-11)9-13-22-16(27-23-13)15(26)20-5-4-19-14(25)10-2-1-3-12(18)6-10/h1-3,6-8H,4-5,9H2,(H,19,25)(H,20,26). The molecule has 0 aliphatic heterocycles. The van der Waals surface area contributed by atoms with E-state index in [1.807, 2.05) is 0 Å². The minimum Gasteiger partial charge on any atom is -0.350 e. The van der Waals surface area contributed by atoms with Crippen molar-refractivity contribution in [3.05, 3.63) is 63.4 Å². The van der Waals surface area contributed by atoms with E-state index < -0.39 is 5.91 Å². The number of carbonyl (C=O) groups excluding carboxylic acids is 2. The number of hydrogen-bond donors (Lipinski definition) is 2. The zero-order valence-electron chi connectivity index (χ0n) is 13.9. The van der Waals surface area contributed by atoms with Crippen molar-refractivity contribution in [1.82, 2.24) is 30.6 Å². The molecule has 0 spiro atoms. The van der Waals surface area contributed by atoms with E-state index >= 15 is 0 Å². The Kier molecular flexibility index (Phi) is 6.20. The minimum absolute atomic E-state index is 0.155. The van der Waals surface area contributed by atoms with Crippen LogP contribution in [0.4, 0.5) is 0 Å². The molecule has 2 aromatic heterocycles. The van der Waals surface area contributed by atoms with Gasteiger partial charge in [-0.05, 0) is 34.1 Å². The van der Waals surface area contributed by atoms with Gasteiger partial charge in [0.25, 0.3) is 5.91 Å². The number of carbonyl (C=O) groups is 2. The van der Waals surface area contributed by atoms with Crippen molar-refractivity contribution in [2.75, 3.05) is 13.1 Å². The van der Waals surface area contributed by atoms with E-state index in [1.54, 1.807) is 41.3 Å². The highest BCUT2D eigenvalue weighted by Crippen LogP contribution is 2.10. The van der Waals surface area contributed by atoms with E-state index in [2.05, 4.69) is 41.8 Å². The molecule has 0 atom stereocenters. The maximum Gasteiger partial charge on any atom is 0.316 e. The summed E-state index contributed by atoms with van der Waals surface area (Å²) in [6.45, 7) is 0.715. The van der Waals surface area contributed by atoms with Gasteiger partial charge >= 0.3 is 11.8 Å². The highest BCUT2D eigenvalue weighted by atomic mass is 79.9. The molecule has 0 fully saturated rings. The van der Waals surface area contributed by atoms with Crippen molar-refractivity contribution >= 4 is 39.3 Å². The molecule has 0 bridgehead atoms. The second kappa shape index (κ2) is 8.78. The average Bonchev–Trinajstić information content (AvgIpc) is 3.28. The van der Waals surface area contributed by atoms with Crippen molar-refractivity contribution in [3.8, 4) is 0 Å². The lowest BCUT2D eigenvalue weighted by Gasteiger charge is -2.06. The molecule has 27 heavy (non-hydrogen) atoms. The van der Waals surface area contributed by atoms with Crippen molar-refractivity contribution in [2.24, 2.45) is 0 Å². The molecule has 140 valence electrons. The third-order valence-corrected chi connectivity index (χ3v) is 4.00. The monoisotopic (exact) mass is 452 g/mol. The molecule has 0 aliphatic rings. The average molecular weight is 454 g/mol. The predicted octanol–water partition coefficient (Wildman–Crippen LogP) is 1.89. The Morgan fingerprint density at radius 3 is 2.70 bits per heavy atom. The molecule has 2 N–H and O–H groups in total. The number of nitrogens with one attached hydrogen (secondary N) is 2. The van der Waals surface area contributed by atoms with Crippen LogP contribution in [0.3, 0.4) is 0 Å². The summed E-state index contributed by atoms with van der Waals surface area (Å²) in [4.78, 5) is 28.0. The third-order valence-electron chi connectivity index (χ3n) is 3.35. The van der Waals surface area contributed by atoms with E-state index in [-0.39, 0.29) is 31.4 Å². The van der Waals surface area contributed by atoms with Crippen LogP contribution in [0.2, 0.25) is 5.02 Å². The topological polar surface area (TPSA) is 115 Å². The van der Waals surface area contributed by atoms with Gasteiger partial charge in [0.15, 0.2) is 5.82 Å². The fourth-order valence-corrected chi connectivity index (χ4v) is 2.66. The quantitative estimate of drug-likeness (QED) is 0.528. The third kappa shape index (κ3) is 5.38. The lowest BCUT2D eigenvalue weighted by molar-refractivity contribution is 0.0898. The summed E-state index contributed by atoms with van der Waals surface area (Å²) < 4.78 is 7.36. The zero-order chi connectivity index (χ0) is 19.2. The van der Waals surface area contributed by atoms with Crippen molar-refractivity contribution < 1.29 is 14.1 Å². The van der Waals surface area contributed by atoms with Crippen LogP contribution < -0.4 is 10.6 Å². The fraction of sp³-hybridized carbons (Fsp3) is 0.188. The van der Waals surface area contributed by atoms with Crippen molar-refractivity contribution in [3.63, 3.8) is 0 Å². The molecule has 0 radical (unpaired) electrons. The summed E-state index contributed by atoms with van der Waals surface area (Å²) in [5.41, 5.74) is 0.445. The highest BCUT2D eigenvalue weighted by Gasteiger charge is 2.15. The molecule has 11 heteroatoms. The molecule has 2 amide bonds. The van der Waals surface area contributed by atoms with Gasteiger partial charge in [-0.25, -0.2) is 0 Å². The van der Waals surface area contributed by atoms with Crippen LogP contribution in [0.5, 0.6) is 0 Å². The first-order valence-electron chi connectivity index (χ1n) is 7.84. The van der Waals surface area contributed by atoms with Crippen LogP contribution >= 0.6 is 27.5 Å². The van der Waals surface area contributed by atoms with E-state index in [0.29, 0.717) is 16.4 Å². The van der Waals surface area contributed by atoms with Gasteiger partial charge in [-0.15, -0.1) is 0 Å². The first-order valence-corrected chi connectivity index (χ1v) is 9.01. The molecule has 0 saturated heterocycles. The molecule has 0 unspecified atom stereocenters. The Balaban J connectivity index is 1.43. The second-order valence-electron chi connectivity index (χ2n) is 5.39. The van der Waals surface area contributed by atoms with Gasteiger partial charge in [0.2, 0.25) is 0 Å². The molecule has 3 aromatic rings. The van der Waals surface area contributed by atoms with Gasteiger partial charge in [0.05, 0.1) is 10.7 Å². The Hall–Kier alpha value is -2.72. The molecule has 2 heterocycles. The van der Waals surface area contributed by atoms with Crippen LogP contribution in [0.15, 0.2) is 45.7 Å². The second-order valence-corrected chi connectivity index (χ2v) is 6.75. The summed E-state index contributed by atoms with van der Waals surface area (Å²) >= 11 is 9.14. The number of amides is 2. The Morgan fingerprint density at radius 2 is 2.00 bits per heavy atom. The lowest BCUT2D eigenvalue weighted by atomic mass is 10.2. The summed E-state index contributed by atoms with van der Waals surface area (Å²) in [7, 11) is 0. The SMILES string of the molecule is O=C(NCCNC(=O)c1nc(Cn2cc(Br)cn2)no1)c1cccc(Cl)c1. The van der Waals surface area contributed by atoms with E-state index in [0.717, 1.165) is 4.47 Å². The summed E-state index contributed by atoms with van der Waals surface area (Å²) in [5.74, 6) is -0.632. The molecule has 3 rings (SSSR count). The summed E-state index contributed by atoms with van der Waals surface area (Å²) in [5, 5.41) is 13.6. The zero-order valence-corrected chi connectivity index (χ0v) is 16.2. The van der Waals surface area contributed by atoms with E-state index in [1.165, 1.54) is 0 Å². The van der Waals surface area contributed by atoms with Crippen LogP contribution in [0.1, 0.15) is 26.9 Å². The van der Waals surface area contributed by atoms with E-state index in [9.17, 15) is 9.59 Å². The van der Waals surface area contributed by atoms with Gasteiger partial charge in [-0.2, -0.15) is 10.1 Å². The normalized spacial score (nSPS) is 10.6. The maximum atomic E-state index is 12.0. The van der Waals surface area contributed by atoms with Crippen LogP contribution in [-0.2, 0) is 6.54 Å². The van der Waals surface area contributed by atoms with Gasteiger partial charge in [-0.1, -0.05) is 22.8 Å². The van der Waals surface area contributed by atoms with Crippen molar-refractivity contribution in [1.29, 1.82) is 0 Å². The lowest BCUT2D eigenvalue weighted by Crippen LogP contribution is -2.34. The number of rotatable bonds is 7. The first-order chi connectivity index (χ1) is 13.0. The summed E-state index contributed by atoms with van der Waals surface area (Å²) in [6, 6.07) is 6.59. The van der Waals surface area contributed by atoms with E-state index in [4.69, 9.17) is 16.1 Å². The molecule has 0 saturated carbocycles. The Labute approximate surface area is 167 Å². The fourth-order valence-electron chi connectivity index (χ4n) is 2.14. The molecule has 1 aromatic carbocycles. The predicted molar refractivity (Wildman–Crippen MR) is 99.4 cm³/mol. The van der Waals surface area contributed by atoms with Crippen molar-refractivity contribution in [2.45, 2.75) is 6.54 Å². The number of nitrogens with zero attached hydrogens (tertiary/aromatic N) is 4. The number of aromatic nitrogens is 4. The number of halogens is 2. The number of hydrogen-bond acceptors (Lipinski definition) is 6. The van der Waals surface area contributed by atoms with Gasteiger partial charge in [0.1, 0.15) is 6.54 Å². The summed E-state index contributed by atoms with van der Waals surface area (Å²) in [6.07, 6.45) is 3.38. The smallest absolute Gasteiger partial charge is 0.316 e. The largest absolute Gasteiger partial charge is 0.350 e. The van der Waals surface area contributed by atoms with Gasteiger partial charge < -0.3 is 15.2 Å². The van der Waals surface area contributed by atoms with Crippen LogP contribution in [-0.4, -0.2) is 44.8 Å². The minimum atomic E-state index is -0.521. The molecular weight excluding hydrogens is 440 g/mol. The Morgan fingerprint density at radius 1 is 1.22 bits per heavy atom. The van der Waals surface area contributed by atoms with Gasteiger partial charge in [-0.3, -0.25) is 14.3 Å². The maximum absolute atomic E-state index is 12.0. The number of benzene rings is 1. The molecule has 0 aliphatic carbocycles.